The van der Waals surface area contributed by atoms with Crippen molar-refractivity contribution in [2.24, 2.45) is 4.99 Å². The van der Waals surface area contributed by atoms with Crippen molar-refractivity contribution in [1.29, 1.82) is 0 Å². The van der Waals surface area contributed by atoms with Gasteiger partial charge in [0.1, 0.15) is 0 Å². The molecule has 8 heteroatoms. The molecule has 31 heavy (non-hydrogen) atoms. The van der Waals surface area contributed by atoms with E-state index in [1.54, 1.807) is 24.8 Å². The summed E-state index contributed by atoms with van der Waals surface area (Å²) in [6, 6.07) is 14.5. The first-order valence-electron chi connectivity index (χ1n) is 9.86. The van der Waals surface area contributed by atoms with E-state index in [-0.39, 0.29) is 17.8 Å². The van der Waals surface area contributed by atoms with Crippen LogP contribution in [0.3, 0.4) is 0 Å². The number of benzene rings is 2. The van der Waals surface area contributed by atoms with Crippen LogP contribution in [-0.4, -0.2) is 33.8 Å². The molecule has 4 rings (SSSR count). The van der Waals surface area contributed by atoms with Crippen molar-refractivity contribution >= 4 is 56.3 Å². The van der Waals surface area contributed by atoms with Crippen molar-refractivity contribution in [2.45, 2.75) is 31.6 Å². The van der Waals surface area contributed by atoms with Crippen molar-refractivity contribution < 1.29 is 14.3 Å². The summed E-state index contributed by atoms with van der Waals surface area (Å²) in [6.45, 7) is 3.75. The topological polar surface area (TPSA) is 59.0 Å². The lowest BCUT2D eigenvalue weighted by atomic mass is 9.94. The van der Waals surface area contributed by atoms with E-state index in [1.165, 1.54) is 11.8 Å². The molecule has 2 aromatic rings. The third-order valence-corrected chi connectivity index (χ3v) is 7.21. The summed E-state index contributed by atoms with van der Waals surface area (Å²) >= 11 is 11.4. The van der Waals surface area contributed by atoms with E-state index >= 15 is 0 Å². The van der Waals surface area contributed by atoms with Gasteiger partial charge >= 0.3 is 5.97 Å². The number of hydrogen-bond donors (Lipinski definition) is 0. The highest BCUT2D eigenvalue weighted by molar-refractivity contribution is 9.10. The third-order valence-electron chi connectivity index (χ3n) is 5.18. The van der Waals surface area contributed by atoms with Crippen LogP contribution in [0.15, 0.2) is 69.3 Å². The van der Waals surface area contributed by atoms with Gasteiger partial charge in [-0.25, -0.2) is 9.79 Å². The molecule has 0 radical (unpaired) electrons. The van der Waals surface area contributed by atoms with Crippen LogP contribution in [0.4, 0.5) is 0 Å². The van der Waals surface area contributed by atoms with Crippen LogP contribution >= 0.6 is 39.3 Å². The predicted octanol–water partition coefficient (Wildman–Crippen LogP) is 5.54. The van der Waals surface area contributed by atoms with E-state index < -0.39 is 12.0 Å². The highest BCUT2D eigenvalue weighted by Gasteiger charge is 2.48. The van der Waals surface area contributed by atoms with Crippen LogP contribution in [0.1, 0.15) is 31.0 Å². The average Bonchev–Trinajstić information content (AvgIpc) is 3.04. The number of aliphatic imine (C=N–C) groups is 1. The first-order chi connectivity index (χ1) is 14.9. The normalized spacial score (nSPS) is 20.6. The molecule has 1 fully saturated rings. The Morgan fingerprint density at radius 1 is 1.23 bits per heavy atom. The molecular formula is C23H20BrClN2O3S. The molecule has 160 valence electrons. The summed E-state index contributed by atoms with van der Waals surface area (Å²) in [5.41, 5.74) is 2.62. The van der Waals surface area contributed by atoms with E-state index in [0.717, 1.165) is 10.0 Å². The Kier molecular flexibility index (Phi) is 6.55. The molecule has 0 spiro atoms. The van der Waals surface area contributed by atoms with Gasteiger partial charge in [-0.1, -0.05) is 69.6 Å². The molecule has 1 amide bonds. The summed E-state index contributed by atoms with van der Waals surface area (Å²) < 4.78 is 6.29. The zero-order valence-corrected chi connectivity index (χ0v) is 20.1. The molecule has 2 aliphatic rings. The summed E-state index contributed by atoms with van der Waals surface area (Å²) in [4.78, 5) is 32.6. The predicted molar refractivity (Wildman–Crippen MR) is 127 cm³/mol. The molecule has 2 heterocycles. The number of amidine groups is 1. The van der Waals surface area contributed by atoms with Crippen molar-refractivity contribution in [3.8, 4) is 0 Å². The number of rotatable bonds is 5. The number of allylic oxidation sites excluding steroid dienone is 1. The Bertz CT molecular complexity index is 1100. The van der Waals surface area contributed by atoms with Crippen LogP contribution in [-0.2, 0) is 20.7 Å². The molecule has 0 N–H and O–H groups in total. The third kappa shape index (κ3) is 4.31. The first-order valence-corrected chi connectivity index (χ1v) is 11.9. The molecule has 2 aliphatic heterocycles. The highest BCUT2D eigenvalue weighted by atomic mass is 79.9. The first kappa shape index (κ1) is 22.1. The summed E-state index contributed by atoms with van der Waals surface area (Å²) in [5.74, 6) is -0.576. The van der Waals surface area contributed by atoms with Gasteiger partial charge in [-0.05, 0) is 49.6 Å². The van der Waals surface area contributed by atoms with Gasteiger partial charge in [-0.3, -0.25) is 9.69 Å². The Morgan fingerprint density at radius 2 is 1.94 bits per heavy atom. The lowest BCUT2D eigenvalue weighted by Crippen LogP contribution is -2.41. The average molecular weight is 520 g/mol. The Morgan fingerprint density at radius 3 is 2.61 bits per heavy atom. The second kappa shape index (κ2) is 9.18. The zero-order chi connectivity index (χ0) is 22.1. The van der Waals surface area contributed by atoms with Crippen LogP contribution in [0.5, 0.6) is 0 Å². The fourth-order valence-electron chi connectivity index (χ4n) is 3.76. The fraction of sp³-hybridized carbons (Fsp3) is 0.261. The summed E-state index contributed by atoms with van der Waals surface area (Å²) in [7, 11) is 0. The number of fused-ring (bicyclic) bond motifs is 1. The molecule has 5 nitrogen and oxygen atoms in total. The number of nitrogens with zero attached hydrogens (tertiary/aromatic N) is 2. The van der Waals surface area contributed by atoms with Gasteiger partial charge in [-0.2, -0.15) is 0 Å². The molecule has 0 unspecified atom stereocenters. The van der Waals surface area contributed by atoms with Crippen molar-refractivity contribution in [2.75, 3.05) is 6.61 Å². The molecule has 2 atom stereocenters. The maximum absolute atomic E-state index is 13.5. The van der Waals surface area contributed by atoms with Crippen LogP contribution in [0, 0.1) is 0 Å². The lowest BCUT2D eigenvalue weighted by Gasteiger charge is -2.33. The minimum Gasteiger partial charge on any atom is -0.463 e. The van der Waals surface area contributed by atoms with Crippen LogP contribution in [0.2, 0.25) is 5.02 Å². The van der Waals surface area contributed by atoms with Gasteiger partial charge < -0.3 is 4.74 Å². The van der Waals surface area contributed by atoms with E-state index in [4.69, 9.17) is 16.3 Å². The van der Waals surface area contributed by atoms with Crippen molar-refractivity contribution in [1.82, 2.24) is 4.90 Å². The van der Waals surface area contributed by atoms with Crippen LogP contribution < -0.4 is 0 Å². The number of ether oxygens (including phenoxy) is 1. The van der Waals surface area contributed by atoms with Gasteiger partial charge in [0, 0.05) is 9.50 Å². The molecule has 0 aliphatic carbocycles. The number of hydrogen-bond acceptors (Lipinski definition) is 5. The Balaban J connectivity index is 1.74. The molecule has 0 saturated carbocycles. The minimum absolute atomic E-state index is 0.0918. The summed E-state index contributed by atoms with van der Waals surface area (Å²) in [5, 5.41) is 0.736. The maximum Gasteiger partial charge on any atom is 0.338 e. The smallest absolute Gasteiger partial charge is 0.338 e. The molecule has 0 bridgehead atoms. The molecule has 2 aromatic carbocycles. The van der Waals surface area contributed by atoms with Gasteiger partial charge in [0.25, 0.3) is 0 Å². The van der Waals surface area contributed by atoms with Gasteiger partial charge in [0.15, 0.2) is 5.17 Å². The Hall–Kier alpha value is -2.09. The Labute approximate surface area is 198 Å². The second-order valence-corrected chi connectivity index (χ2v) is 9.68. The van der Waals surface area contributed by atoms with Gasteiger partial charge in [0.2, 0.25) is 5.91 Å². The number of halogens is 2. The number of carbonyl (C=O) groups is 2. The fourth-order valence-corrected chi connectivity index (χ4v) is 5.50. The highest BCUT2D eigenvalue weighted by Crippen LogP contribution is 2.45. The second-order valence-electron chi connectivity index (χ2n) is 7.18. The monoisotopic (exact) mass is 518 g/mol. The van der Waals surface area contributed by atoms with E-state index in [9.17, 15) is 9.59 Å². The standard InChI is InChI=1S/C23H20BrClN2O3S/c1-3-30-22(29)19-13(2)26-23-27(20(19)16-6-4-5-7-17(16)25)21(28)18(31-23)12-14-8-10-15(24)11-9-14/h4-11,18,20H,3,12H2,1-2H3/t18-,20+/m1/s1. The number of esters is 1. The van der Waals surface area contributed by atoms with E-state index in [2.05, 4.69) is 20.9 Å². The SMILES string of the molecule is CCOC(=O)C1=C(C)N=C2S[C@H](Cc3ccc(Br)cc3)C(=O)N2[C@H]1c1ccccc1Cl. The van der Waals surface area contributed by atoms with Gasteiger partial charge in [0.05, 0.1) is 29.2 Å². The zero-order valence-electron chi connectivity index (χ0n) is 17.0. The van der Waals surface area contributed by atoms with E-state index in [1.807, 2.05) is 42.5 Å². The number of amides is 1. The van der Waals surface area contributed by atoms with Crippen LogP contribution in [0.25, 0.3) is 0 Å². The largest absolute Gasteiger partial charge is 0.463 e. The number of thioether (sulfide) groups is 1. The molecule has 1 saturated heterocycles. The van der Waals surface area contributed by atoms with Crippen molar-refractivity contribution in [3.05, 3.63) is 80.4 Å². The number of carbonyl (C=O) groups excluding carboxylic acids is 2. The van der Waals surface area contributed by atoms with Crippen molar-refractivity contribution in [3.63, 3.8) is 0 Å². The molecular weight excluding hydrogens is 500 g/mol. The van der Waals surface area contributed by atoms with Gasteiger partial charge in [-0.15, -0.1) is 0 Å². The maximum atomic E-state index is 13.5. The minimum atomic E-state index is -0.671. The summed E-state index contributed by atoms with van der Waals surface area (Å²) in [6.07, 6.45) is 0.565. The molecule has 0 aromatic heterocycles. The lowest BCUT2D eigenvalue weighted by molar-refractivity contribution is -0.139. The van der Waals surface area contributed by atoms with E-state index in [0.29, 0.717) is 33.4 Å². The quantitative estimate of drug-likeness (QED) is 0.487.